The fourth-order valence-electron chi connectivity index (χ4n) is 4.16. The smallest absolute Gasteiger partial charge is 0.300 e. The number of methoxy groups -OCH3 is 1. The number of aliphatic hydroxyl groups excluding tert-OH is 1. The molecule has 1 aliphatic heterocycles. The monoisotopic (exact) mass is 479 g/mol. The zero-order valence-corrected chi connectivity index (χ0v) is 19.7. The van der Waals surface area contributed by atoms with E-state index in [1.807, 2.05) is 31.2 Å². The highest BCUT2D eigenvalue weighted by Gasteiger charge is 2.47. The predicted molar refractivity (Wildman–Crippen MR) is 130 cm³/mol. The van der Waals surface area contributed by atoms with Gasteiger partial charge in [-0.1, -0.05) is 42.8 Å². The van der Waals surface area contributed by atoms with Crippen molar-refractivity contribution in [2.75, 3.05) is 12.0 Å². The molecular formula is C27H23ClFNO4. The maximum Gasteiger partial charge on any atom is 0.300 e. The topological polar surface area (TPSA) is 66.8 Å². The fraction of sp³-hybridized carbons (Fsp3) is 0.185. The van der Waals surface area contributed by atoms with Gasteiger partial charge in [-0.2, -0.15) is 0 Å². The van der Waals surface area contributed by atoms with Crippen molar-refractivity contribution in [1.29, 1.82) is 0 Å². The Kier molecular flexibility index (Phi) is 6.44. The number of rotatable bonds is 5. The summed E-state index contributed by atoms with van der Waals surface area (Å²) in [5, 5.41) is 11.1. The third-order valence-corrected chi connectivity index (χ3v) is 6.31. The van der Waals surface area contributed by atoms with Crippen molar-refractivity contribution < 1.29 is 23.8 Å². The number of halogens is 2. The molecule has 0 radical (unpaired) electrons. The quantitative estimate of drug-likeness (QED) is 0.277. The number of nitrogens with zero attached hydrogens (tertiary/aromatic N) is 1. The van der Waals surface area contributed by atoms with Crippen LogP contribution in [0.15, 0.2) is 66.2 Å². The standard InChI is InChI=1S/C27H23ClFNO4/c1-4-16-5-7-17(8-6-16)24-23(25(31)20-11-10-19(34-3)13-15(20)2)26(32)27(33)30(24)18-9-12-22(29)21(28)14-18/h5-14,24,31H,4H2,1-3H3/b25-23+. The summed E-state index contributed by atoms with van der Waals surface area (Å²) in [6.07, 6.45) is 0.819. The van der Waals surface area contributed by atoms with Crippen LogP contribution in [0.25, 0.3) is 5.76 Å². The summed E-state index contributed by atoms with van der Waals surface area (Å²) in [5.41, 5.74) is 2.99. The Morgan fingerprint density at radius 3 is 2.38 bits per heavy atom. The van der Waals surface area contributed by atoms with Crippen LogP contribution in [-0.4, -0.2) is 23.9 Å². The third-order valence-electron chi connectivity index (χ3n) is 6.02. The van der Waals surface area contributed by atoms with Crippen LogP contribution >= 0.6 is 11.6 Å². The normalized spacial score (nSPS) is 17.3. The molecule has 1 heterocycles. The number of hydrogen-bond acceptors (Lipinski definition) is 4. The number of ketones is 1. The van der Waals surface area contributed by atoms with Crippen LogP contribution < -0.4 is 9.64 Å². The Bertz CT molecular complexity index is 1320. The molecule has 0 spiro atoms. The summed E-state index contributed by atoms with van der Waals surface area (Å²) in [5.74, 6) is -2.00. The van der Waals surface area contributed by atoms with E-state index in [4.69, 9.17) is 16.3 Å². The highest BCUT2D eigenvalue weighted by molar-refractivity contribution is 6.51. The fourth-order valence-corrected chi connectivity index (χ4v) is 4.33. The second-order valence-electron chi connectivity index (χ2n) is 8.04. The van der Waals surface area contributed by atoms with Crippen LogP contribution in [0, 0.1) is 12.7 Å². The lowest BCUT2D eigenvalue weighted by atomic mass is 9.93. The molecular weight excluding hydrogens is 457 g/mol. The highest BCUT2D eigenvalue weighted by Crippen LogP contribution is 2.43. The van der Waals surface area contributed by atoms with Gasteiger partial charge in [-0.15, -0.1) is 0 Å². The van der Waals surface area contributed by atoms with Gasteiger partial charge in [-0.3, -0.25) is 14.5 Å². The minimum atomic E-state index is -0.922. The SMILES string of the molecule is CCc1ccc(C2/C(=C(\O)c3ccc(OC)cc3C)C(=O)C(=O)N2c2ccc(F)c(Cl)c2)cc1. The first-order valence-electron chi connectivity index (χ1n) is 10.8. The molecule has 1 aliphatic rings. The van der Waals surface area contributed by atoms with Crippen LogP contribution in [0.3, 0.4) is 0 Å². The van der Waals surface area contributed by atoms with E-state index < -0.39 is 23.5 Å². The molecule has 7 heteroatoms. The second kappa shape index (κ2) is 9.31. The number of ether oxygens (including phenoxy) is 1. The number of amides is 1. The van der Waals surface area contributed by atoms with Crippen LogP contribution in [0.1, 0.15) is 35.2 Å². The number of Topliss-reactive ketones (excluding diaryl/α,β-unsaturated/α-hetero) is 1. The maximum atomic E-state index is 13.8. The first-order valence-corrected chi connectivity index (χ1v) is 11.1. The van der Waals surface area contributed by atoms with E-state index in [1.165, 1.54) is 24.1 Å². The zero-order chi connectivity index (χ0) is 24.6. The van der Waals surface area contributed by atoms with Crippen LogP contribution in [0.5, 0.6) is 5.75 Å². The lowest BCUT2D eigenvalue weighted by Gasteiger charge is -2.26. The number of benzene rings is 3. The summed E-state index contributed by atoms with van der Waals surface area (Å²) in [6.45, 7) is 3.80. The Morgan fingerprint density at radius 2 is 1.79 bits per heavy atom. The van der Waals surface area contributed by atoms with Gasteiger partial charge in [-0.05, 0) is 66.4 Å². The van der Waals surface area contributed by atoms with Crippen molar-refractivity contribution in [3.05, 3.63) is 99.3 Å². The molecule has 0 saturated carbocycles. The lowest BCUT2D eigenvalue weighted by molar-refractivity contribution is -0.132. The molecule has 1 atom stereocenters. The highest BCUT2D eigenvalue weighted by atomic mass is 35.5. The van der Waals surface area contributed by atoms with E-state index in [0.717, 1.165) is 18.1 Å². The van der Waals surface area contributed by atoms with E-state index in [0.29, 0.717) is 22.4 Å². The third kappa shape index (κ3) is 4.05. The summed E-state index contributed by atoms with van der Waals surface area (Å²) in [4.78, 5) is 27.7. The molecule has 0 aromatic heterocycles. The average molecular weight is 480 g/mol. The van der Waals surface area contributed by atoms with Crippen LogP contribution in [-0.2, 0) is 16.0 Å². The summed E-state index contributed by atoms with van der Waals surface area (Å²) in [7, 11) is 1.54. The van der Waals surface area contributed by atoms with Gasteiger partial charge in [-0.25, -0.2) is 4.39 Å². The molecule has 0 aliphatic carbocycles. The Morgan fingerprint density at radius 1 is 1.09 bits per heavy atom. The van der Waals surface area contributed by atoms with Gasteiger partial charge in [0.1, 0.15) is 17.3 Å². The molecule has 1 unspecified atom stereocenters. The van der Waals surface area contributed by atoms with Gasteiger partial charge in [0, 0.05) is 11.3 Å². The molecule has 3 aromatic rings. The Hall–Kier alpha value is -3.64. The number of carbonyl (C=O) groups excluding carboxylic acids is 2. The van der Waals surface area contributed by atoms with Gasteiger partial charge >= 0.3 is 0 Å². The molecule has 1 N–H and O–H groups in total. The largest absolute Gasteiger partial charge is 0.507 e. The van der Waals surface area contributed by atoms with Crippen molar-refractivity contribution in [1.82, 2.24) is 0 Å². The minimum Gasteiger partial charge on any atom is -0.507 e. The van der Waals surface area contributed by atoms with Gasteiger partial charge in [0.25, 0.3) is 11.7 Å². The molecule has 5 nitrogen and oxygen atoms in total. The summed E-state index contributed by atoms with van der Waals surface area (Å²) >= 11 is 5.98. The molecule has 0 bridgehead atoms. The molecule has 174 valence electrons. The van der Waals surface area contributed by atoms with Gasteiger partial charge in [0.2, 0.25) is 0 Å². The van der Waals surface area contributed by atoms with Crippen LogP contribution in [0.4, 0.5) is 10.1 Å². The average Bonchev–Trinajstić information content (AvgIpc) is 3.10. The number of anilines is 1. The molecule has 1 fully saturated rings. The molecule has 3 aromatic carbocycles. The van der Waals surface area contributed by atoms with Crippen molar-refractivity contribution in [2.45, 2.75) is 26.3 Å². The van der Waals surface area contributed by atoms with E-state index >= 15 is 0 Å². The van der Waals surface area contributed by atoms with Crippen molar-refractivity contribution in [3.63, 3.8) is 0 Å². The Balaban J connectivity index is 1.95. The second-order valence-corrected chi connectivity index (χ2v) is 8.45. The van der Waals surface area contributed by atoms with Crippen molar-refractivity contribution in [3.8, 4) is 5.75 Å². The molecule has 1 saturated heterocycles. The van der Waals surface area contributed by atoms with Gasteiger partial charge in [0.05, 0.1) is 23.7 Å². The number of aliphatic hydroxyl groups is 1. The zero-order valence-electron chi connectivity index (χ0n) is 18.9. The van der Waals surface area contributed by atoms with E-state index in [2.05, 4.69) is 0 Å². The number of hydrogen-bond donors (Lipinski definition) is 1. The summed E-state index contributed by atoms with van der Waals surface area (Å²) < 4.78 is 19.1. The molecule has 34 heavy (non-hydrogen) atoms. The first kappa shape index (κ1) is 23.5. The first-order chi connectivity index (χ1) is 16.3. The molecule has 1 amide bonds. The lowest BCUT2D eigenvalue weighted by Crippen LogP contribution is -2.29. The van der Waals surface area contributed by atoms with E-state index in [-0.39, 0.29) is 22.0 Å². The number of carbonyl (C=O) groups is 2. The maximum absolute atomic E-state index is 13.8. The van der Waals surface area contributed by atoms with Crippen molar-refractivity contribution in [2.24, 2.45) is 0 Å². The van der Waals surface area contributed by atoms with Gasteiger partial charge < -0.3 is 9.84 Å². The van der Waals surface area contributed by atoms with E-state index in [9.17, 15) is 19.1 Å². The number of aryl methyl sites for hydroxylation is 2. The van der Waals surface area contributed by atoms with E-state index in [1.54, 1.807) is 25.1 Å². The van der Waals surface area contributed by atoms with Gasteiger partial charge in [0.15, 0.2) is 0 Å². The minimum absolute atomic E-state index is 0.0528. The molecule has 4 rings (SSSR count). The predicted octanol–water partition coefficient (Wildman–Crippen LogP) is 5.98. The van der Waals surface area contributed by atoms with Crippen LogP contribution in [0.2, 0.25) is 5.02 Å². The van der Waals surface area contributed by atoms with Crippen molar-refractivity contribution >= 4 is 34.7 Å². The summed E-state index contributed by atoms with van der Waals surface area (Å²) in [6, 6.07) is 15.4. The Labute approximate surface area is 202 Å².